The maximum atomic E-state index is 13.7. The third kappa shape index (κ3) is 9.55. The number of carbonyl (C=O) groups excluding carboxylic acids is 4. The fraction of sp³-hybridized carbons (Fsp3) is 0.190. The molecule has 5 aromatic rings. The molecule has 8 nitrogen and oxygen atoms in total. The van der Waals surface area contributed by atoms with Gasteiger partial charge in [0.1, 0.15) is 0 Å². The Morgan fingerprint density at radius 1 is 0.415 bits per heavy atom. The van der Waals surface area contributed by atoms with Gasteiger partial charge in [-0.3, -0.25) is 19.2 Å². The van der Waals surface area contributed by atoms with Crippen LogP contribution in [0, 0.1) is 17.9 Å². The molecule has 0 aromatic heterocycles. The van der Waals surface area contributed by atoms with Crippen LogP contribution in [0.4, 0.5) is 0 Å². The second-order valence-electron chi connectivity index (χ2n) is 11.6. The van der Waals surface area contributed by atoms with Crippen molar-refractivity contribution in [1.29, 1.82) is 0 Å². The van der Waals surface area contributed by atoms with E-state index in [0.717, 1.165) is 21.2 Å². The first kappa shape index (κ1) is 41.3. The van der Waals surface area contributed by atoms with Crippen LogP contribution in [-0.2, 0) is 58.5 Å². The third-order valence-corrected chi connectivity index (χ3v) is 14.3. The Bertz CT molecular complexity index is 1700. The molecule has 0 N–H and O–H groups in total. The van der Waals surface area contributed by atoms with Crippen LogP contribution in [0.1, 0.15) is 22.4 Å². The zero-order chi connectivity index (χ0) is 37.0. The minimum Gasteiger partial charge on any atom is -0.468 e. The van der Waals surface area contributed by atoms with Crippen molar-refractivity contribution in [2.75, 3.05) is 28.4 Å². The van der Waals surface area contributed by atoms with Gasteiger partial charge in [0, 0.05) is 31.7 Å². The number of rotatable bonds is 14. The molecular formula is C42H39O8P2Pd-. The molecule has 5 rings (SSSR count). The Hall–Kier alpha value is -4.50. The van der Waals surface area contributed by atoms with Gasteiger partial charge in [-0.25, -0.2) is 0 Å². The van der Waals surface area contributed by atoms with Gasteiger partial charge in [0.25, 0.3) is 0 Å². The molecule has 0 aliphatic carbocycles. The molecule has 0 fully saturated rings. The van der Waals surface area contributed by atoms with Crippen molar-refractivity contribution in [3.8, 4) is 0 Å². The van der Waals surface area contributed by atoms with Crippen molar-refractivity contribution in [2.24, 2.45) is 11.8 Å². The van der Waals surface area contributed by atoms with Crippen molar-refractivity contribution >= 4 is 60.9 Å². The molecule has 0 radical (unpaired) electrons. The number of benzene rings is 5. The van der Waals surface area contributed by atoms with Crippen LogP contribution in [0.5, 0.6) is 0 Å². The average molecular weight is 840 g/mol. The molecule has 0 aliphatic heterocycles. The summed E-state index contributed by atoms with van der Waals surface area (Å²) < 4.78 is 21.0. The van der Waals surface area contributed by atoms with E-state index in [2.05, 4.69) is 6.07 Å². The second kappa shape index (κ2) is 20.1. The predicted molar refractivity (Wildman–Crippen MR) is 204 cm³/mol. The van der Waals surface area contributed by atoms with Crippen LogP contribution in [0.25, 0.3) is 0 Å². The molecule has 53 heavy (non-hydrogen) atoms. The number of ether oxygens (including phenoxy) is 4. The average Bonchev–Trinajstić information content (AvgIpc) is 3.21. The van der Waals surface area contributed by atoms with E-state index in [-0.39, 0.29) is 20.4 Å². The van der Waals surface area contributed by atoms with Gasteiger partial charge in [0.05, 0.1) is 28.4 Å². The Morgan fingerprint density at radius 3 is 0.887 bits per heavy atom. The molecule has 0 saturated carbocycles. The fourth-order valence-electron chi connectivity index (χ4n) is 6.30. The summed E-state index contributed by atoms with van der Waals surface area (Å²) in [5.74, 6) is -5.80. The molecule has 0 bridgehead atoms. The summed E-state index contributed by atoms with van der Waals surface area (Å²) in [7, 11) is 1.96. The van der Waals surface area contributed by atoms with Crippen LogP contribution in [0.3, 0.4) is 0 Å². The molecule has 276 valence electrons. The Balaban J connectivity index is 0.00000627. The van der Waals surface area contributed by atoms with Gasteiger partial charge >= 0.3 is 23.9 Å². The Labute approximate surface area is 326 Å². The largest absolute Gasteiger partial charge is 0.468 e. The molecule has 11 heteroatoms. The Morgan fingerprint density at radius 2 is 0.660 bits per heavy atom. The van der Waals surface area contributed by atoms with E-state index in [1.165, 1.54) is 28.4 Å². The van der Waals surface area contributed by atoms with E-state index in [1.807, 2.05) is 133 Å². The van der Waals surface area contributed by atoms with Gasteiger partial charge in [-0.15, -0.1) is 0 Å². The smallest absolute Gasteiger partial charge is 0.320 e. The maximum absolute atomic E-state index is 13.7. The topological polar surface area (TPSA) is 105 Å². The van der Waals surface area contributed by atoms with Gasteiger partial charge in [-0.1, -0.05) is 121 Å². The first-order valence-electron chi connectivity index (χ1n) is 16.5. The first-order chi connectivity index (χ1) is 25.3. The molecule has 0 heterocycles. The van der Waals surface area contributed by atoms with Gasteiger partial charge in [0.2, 0.25) is 0 Å². The van der Waals surface area contributed by atoms with Crippen LogP contribution >= 0.6 is 15.8 Å². The number of hydrogen-bond acceptors (Lipinski definition) is 8. The van der Waals surface area contributed by atoms with Crippen molar-refractivity contribution in [2.45, 2.75) is 11.3 Å². The SMILES string of the molecule is COC(=O)C(C(=O)OC)[C@H](c1[c-]c([C@@H](C(C(=O)OC)C(=O)OC)P(c2ccccc2)c2ccccc2)ccc1)P(c1ccccc1)c1ccccc1.[Pd]. The normalized spacial score (nSPS) is 12.1. The number of carbonyl (C=O) groups is 4. The summed E-state index contributed by atoms with van der Waals surface area (Å²) in [6, 6.07) is 47.7. The summed E-state index contributed by atoms with van der Waals surface area (Å²) in [5.41, 5.74) is -0.664. The summed E-state index contributed by atoms with van der Waals surface area (Å²) in [4.78, 5) is 54.8. The molecule has 0 aliphatic rings. The standard InChI is InChI=1S/C42H39O8P2.Pd/c1-47-39(43)35(40(44)48-2)37(51(31-20-9-5-10-21-31)32-22-11-6-12-23-32)29-18-17-19-30(28-29)38(36(41(45)49-3)42(46)50-4)52(33-24-13-7-14-25-33)34-26-15-8-16-27-34;/h5-27,35-38H,1-4H3;/q-1;/t37-,38-;/m0./s1. The van der Waals surface area contributed by atoms with Crippen LogP contribution in [0.2, 0.25) is 0 Å². The molecule has 5 aromatic carbocycles. The minimum absolute atomic E-state index is 0. The number of methoxy groups -OCH3 is 4. The third-order valence-electron chi connectivity index (χ3n) is 8.62. The van der Waals surface area contributed by atoms with E-state index < -0.39 is 62.9 Å². The molecule has 0 saturated heterocycles. The quantitative estimate of drug-likeness (QED) is 0.0348. The van der Waals surface area contributed by atoms with E-state index in [1.54, 1.807) is 6.07 Å². The Kier molecular flexibility index (Phi) is 15.6. The van der Waals surface area contributed by atoms with Crippen LogP contribution < -0.4 is 21.2 Å². The molecule has 0 amide bonds. The van der Waals surface area contributed by atoms with Crippen LogP contribution in [0.15, 0.2) is 140 Å². The van der Waals surface area contributed by atoms with Crippen molar-refractivity contribution < 1.29 is 58.5 Å². The summed E-state index contributed by atoms with van der Waals surface area (Å²) in [6.45, 7) is 0. The van der Waals surface area contributed by atoms with Crippen LogP contribution in [-0.4, -0.2) is 52.3 Å². The van der Waals surface area contributed by atoms with Gasteiger partial charge in [-0.2, -0.15) is 35.4 Å². The molecular weight excluding hydrogens is 801 g/mol. The monoisotopic (exact) mass is 839 g/mol. The van der Waals surface area contributed by atoms with E-state index >= 15 is 0 Å². The fourth-order valence-corrected chi connectivity index (χ4v) is 12.1. The van der Waals surface area contributed by atoms with Gasteiger partial charge in [-0.05, 0) is 37.1 Å². The van der Waals surface area contributed by atoms with Crippen molar-refractivity contribution in [3.05, 3.63) is 157 Å². The first-order valence-corrected chi connectivity index (χ1v) is 19.3. The van der Waals surface area contributed by atoms with Crippen molar-refractivity contribution in [3.63, 3.8) is 0 Å². The van der Waals surface area contributed by atoms with Crippen molar-refractivity contribution in [1.82, 2.24) is 0 Å². The zero-order valence-corrected chi connectivity index (χ0v) is 32.9. The summed E-state index contributed by atoms with van der Waals surface area (Å²) in [5, 5.41) is 3.61. The second-order valence-corrected chi connectivity index (χ2v) is 16.2. The number of hydrogen-bond donors (Lipinski definition) is 0. The van der Waals surface area contributed by atoms with E-state index in [9.17, 15) is 19.2 Å². The summed E-state index contributed by atoms with van der Waals surface area (Å²) in [6.07, 6.45) is 0. The van der Waals surface area contributed by atoms with E-state index in [4.69, 9.17) is 18.9 Å². The predicted octanol–water partition coefficient (Wildman–Crippen LogP) is 5.76. The number of esters is 4. The molecule has 2 atom stereocenters. The zero-order valence-electron chi connectivity index (χ0n) is 29.6. The summed E-state index contributed by atoms with van der Waals surface area (Å²) >= 11 is 0. The van der Waals surface area contributed by atoms with Gasteiger partial charge in [0.15, 0.2) is 11.8 Å². The minimum atomic E-state index is -1.50. The maximum Gasteiger partial charge on any atom is 0.320 e. The van der Waals surface area contributed by atoms with E-state index in [0.29, 0.717) is 11.1 Å². The van der Waals surface area contributed by atoms with Gasteiger partial charge < -0.3 is 18.9 Å². The molecule has 0 unspecified atom stereocenters. The molecule has 0 spiro atoms.